The number of nitrogens with zero attached hydrogens (tertiary/aromatic N) is 1. The molecule has 2 aromatic carbocycles. The van der Waals surface area contributed by atoms with E-state index in [1.165, 1.54) is 16.8 Å². The molecule has 164 valence electrons. The lowest BCUT2D eigenvalue weighted by molar-refractivity contribution is -0.0296. The van der Waals surface area contributed by atoms with E-state index in [1.54, 1.807) is 0 Å². The Labute approximate surface area is 179 Å². The van der Waals surface area contributed by atoms with Crippen LogP contribution in [0.15, 0.2) is 64.3 Å². The lowest BCUT2D eigenvalue weighted by atomic mass is 10.1. The zero-order valence-corrected chi connectivity index (χ0v) is 18.4. The van der Waals surface area contributed by atoms with Crippen molar-refractivity contribution in [3.8, 4) is 5.75 Å². The summed E-state index contributed by atoms with van der Waals surface area (Å²) >= 11 is 0. The van der Waals surface area contributed by atoms with Gasteiger partial charge in [-0.2, -0.15) is 0 Å². The van der Waals surface area contributed by atoms with Crippen LogP contribution < -0.4 is 15.8 Å². The number of aromatic amines is 1. The Morgan fingerprint density at radius 2 is 1.97 bits per heavy atom. The molecule has 2 heterocycles. The highest BCUT2D eigenvalue weighted by atomic mass is 31.2. The molecule has 0 spiro atoms. The number of nitrogens with one attached hydrogen (secondary N) is 2. The molecule has 1 aliphatic rings. The quantitative estimate of drug-likeness (QED) is 0.529. The molecule has 0 bridgehead atoms. The van der Waals surface area contributed by atoms with E-state index in [4.69, 9.17) is 18.9 Å². The summed E-state index contributed by atoms with van der Waals surface area (Å²) in [6.45, 7) is 4.07. The van der Waals surface area contributed by atoms with Gasteiger partial charge in [0.25, 0.3) is 13.1 Å². The number of fused-ring (bicyclic) bond motifs is 1. The smallest absolute Gasteiger partial charge is 0.330 e. The second-order valence-corrected chi connectivity index (χ2v) is 10.2. The highest BCUT2D eigenvalue weighted by molar-refractivity contribution is 7.55. The zero-order valence-electron chi connectivity index (χ0n) is 17.5. The molecule has 3 aromatic rings. The van der Waals surface area contributed by atoms with Crippen LogP contribution in [-0.2, 0) is 9.26 Å². The van der Waals surface area contributed by atoms with E-state index < -0.39 is 25.0 Å². The van der Waals surface area contributed by atoms with Gasteiger partial charge in [0, 0.05) is 29.7 Å². The molecule has 1 unspecified atom stereocenters. The highest BCUT2D eigenvalue weighted by Crippen LogP contribution is 2.50. The summed E-state index contributed by atoms with van der Waals surface area (Å²) in [6, 6.07) is 15.0. The van der Waals surface area contributed by atoms with Crippen molar-refractivity contribution in [1.82, 2.24) is 9.55 Å². The van der Waals surface area contributed by atoms with Gasteiger partial charge in [-0.1, -0.05) is 50.2 Å². The van der Waals surface area contributed by atoms with Crippen LogP contribution in [0.1, 0.15) is 26.5 Å². The summed E-state index contributed by atoms with van der Waals surface area (Å²) in [7, 11) is -2.90. The van der Waals surface area contributed by atoms with E-state index in [2.05, 4.69) is 4.98 Å². The second kappa shape index (κ2) is 8.83. The summed E-state index contributed by atoms with van der Waals surface area (Å²) in [5.41, 5.74) is -0.940. The van der Waals surface area contributed by atoms with Gasteiger partial charge in [-0.05, 0) is 17.9 Å². The molecule has 1 saturated heterocycles. The maximum Gasteiger partial charge on any atom is 0.330 e. The van der Waals surface area contributed by atoms with E-state index in [0.717, 1.165) is 10.8 Å². The fourth-order valence-corrected chi connectivity index (χ4v) is 5.06. The molecule has 0 saturated carbocycles. The molecule has 0 radical (unpaired) electrons. The first-order valence-electron chi connectivity index (χ1n) is 10.3. The third-order valence-electron chi connectivity index (χ3n) is 5.46. The average Bonchev–Trinajstić information content (AvgIpc) is 3.13. The summed E-state index contributed by atoms with van der Waals surface area (Å²) in [5, 5.41) is 10.8. The Bertz CT molecular complexity index is 1230. The minimum absolute atomic E-state index is 0.0521. The number of hydrogen-bond donors (Lipinski definition) is 2. The lowest BCUT2D eigenvalue weighted by Crippen LogP contribution is -2.33. The number of rotatable bonds is 7. The third-order valence-corrected chi connectivity index (χ3v) is 7.35. The fourth-order valence-electron chi connectivity index (χ4n) is 3.81. The number of hydrogen-bond acceptors (Lipinski definition) is 6. The second-order valence-electron chi connectivity index (χ2n) is 7.73. The summed E-state index contributed by atoms with van der Waals surface area (Å²) in [5.74, 6) is 0.693. The molecule has 0 amide bonds. The SMILES string of the molecule is CCP(=N)(OC[C@@H]1C[C@H](C)[C@H](n2ccc(=O)[nH]c2=O)O1)Oc1cccc2ccccc12. The first-order valence-corrected chi connectivity index (χ1v) is 12.1. The van der Waals surface area contributed by atoms with Gasteiger partial charge in [0.15, 0.2) is 0 Å². The van der Waals surface area contributed by atoms with Crippen LogP contribution >= 0.6 is 7.51 Å². The maximum absolute atomic E-state index is 12.1. The topological polar surface area (TPSA) is 106 Å². The normalized spacial score (nSPS) is 23.0. The van der Waals surface area contributed by atoms with Crippen molar-refractivity contribution in [3.63, 3.8) is 0 Å². The van der Waals surface area contributed by atoms with Crippen LogP contribution in [0.25, 0.3) is 10.8 Å². The number of aromatic nitrogens is 2. The van der Waals surface area contributed by atoms with E-state index in [1.807, 2.05) is 56.3 Å². The van der Waals surface area contributed by atoms with Gasteiger partial charge in [-0.25, -0.2) is 4.79 Å². The Kier molecular flexibility index (Phi) is 6.14. The molecular formula is C22H26N3O5P. The van der Waals surface area contributed by atoms with Crippen LogP contribution in [0, 0.1) is 11.1 Å². The van der Waals surface area contributed by atoms with Crippen molar-refractivity contribution < 1.29 is 13.8 Å². The fraction of sp³-hybridized carbons (Fsp3) is 0.364. The Morgan fingerprint density at radius 3 is 2.74 bits per heavy atom. The van der Waals surface area contributed by atoms with Crippen LogP contribution in [-0.4, -0.2) is 28.4 Å². The summed E-state index contributed by atoms with van der Waals surface area (Å²) < 4.78 is 19.5. The van der Waals surface area contributed by atoms with Gasteiger partial charge in [0.2, 0.25) is 0 Å². The van der Waals surface area contributed by atoms with Crippen molar-refractivity contribution in [2.75, 3.05) is 12.8 Å². The Hall–Kier alpha value is -2.67. The van der Waals surface area contributed by atoms with Gasteiger partial charge < -0.3 is 13.8 Å². The van der Waals surface area contributed by atoms with Crippen molar-refractivity contribution >= 4 is 18.3 Å². The first kappa shape index (κ1) is 21.6. The van der Waals surface area contributed by atoms with Crippen molar-refractivity contribution in [2.24, 2.45) is 5.92 Å². The van der Waals surface area contributed by atoms with Crippen LogP contribution in [0.5, 0.6) is 5.75 Å². The predicted molar refractivity (Wildman–Crippen MR) is 120 cm³/mol. The molecule has 4 atom stereocenters. The predicted octanol–water partition coefficient (Wildman–Crippen LogP) is 4.34. The largest absolute Gasteiger partial charge is 0.438 e. The molecule has 4 rings (SSSR count). The van der Waals surface area contributed by atoms with Crippen molar-refractivity contribution in [2.45, 2.75) is 32.6 Å². The van der Waals surface area contributed by atoms with Crippen molar-refractivity contribution in [1.29, 1.82) is 5.16 Å². The standard InChI is InChI=1S/C22H26N3O5P/c1-3-31(23,30-19-10-6-8-16-7-4-5-9-18(16)19)28-14-17-13-15(2)21(29-17)25-12-11-20(26)24-22(25)27/h4-12,15,17,21,23H,3,13-14H2,1-2H3,(H,24,26,27)/t15-,17-,21+,31?/m0/s1. The Balaban J connectivity index is 1.45. The molecule has 2 N–H and O–H groups in total. The molecule has 0 aliphatic carbocycles. The molecule has 31 heavy (non-hydrogen) atoms. The van der Waals surface area contributed by atoms with E-state index in [9.17, 15) is 9.59 Å². The maximum atomic E-state index is 12.1. The molecule has 1 aliphatic heterocycles. The summed E-state index contributed by atoms with van der Waals surface area (Å²) in [4.78, 5) is 25.7. The molecular weight excluding hydrogens is 417 g/mol. The average molecular weight is 443 g/mol. The van der Waals surface area contributed by atoms with Crippen LogP contribution in [0.3, 0.4) is 0 Å². The zero-order chi connectivity index (χ0) is 22.0. The van der Waals surface area contributed by atoms with Gasteiger partial charge >= 0.3 is 5.69 Å². The van der Waals surface area contributed by atoms with E-state index >= 15 is 0 Å². The third kappa shape index (κ3) is 4.66. The van der Waals surface area contributed by atoms with E-state index in [-0.39, 0.29) is 18.6 Å². The van der Waals surface area contributed by atoms with Crippen LogP contribution in [0.2, 0.25) is 0 Å². The monoisotopic (exact) mass is 443 g/mol. The minimum atomic E-state index is -2.90. The summed E-state index contributed by atoms with van der Waals surface area (Å²) in [6.07, 6.45) is 1.79. The van der Waals surface area contributed by atoms with Gasteiger partial charge in [-0.3, -0.25) is 19.5 Å². The molecule has 8 nitrogen and oxygen atoms in total. The number of benzene rings is 2. The number of H-pyrrole nitrogens is 1. The van der Waals surface area contributed by atoms with E-state index in [0.29, 0.717) is 18.3 Å². The minimum Gasteiger partial charge on any atom is -0.438 e. The Morgan fingerprint density at radius 1 is 1.19 bits per heavy atom. The van der Waals surface area contributed by atoms with Gasteiger partial charge in [-0.15, -0.1) is 0 Å². The van der Waals surface area contributed by atoms with Crippen molar-refractivity contribution in [3.05, 3.63) is 75.6 Å². The lowest BCUT2D eigenvalue weighted by Gasteiger charge is -2.24. The first-order chi connectivity index (χ1) is 14.9. The molecule has 1 fully saturated rings. The molecule has 9 heteroatoms. The van der Waals surface area contributed by atoms with Crippen LogP contribution in [0.4, 0.5) is 0 Å². The highest BCUT2D eigenvalue weighted by Gasteiger charge is 2.35. The number of ether oxygens (including phenoxy) is 1. The molecule has 1 aromatic heterocycles. The van der Waals surface area contributed by atoms with Gasteiger partial charge in [0.1, 0.15) is 12.0 Å². The van der Waals surface area contributed by atoms with Gasteiger partial charge in [0.05, 0.1) is 12.7 Å².